The minimum Gasteiger partial charge on any atom is -0.341 e. The molecule has 0 N–H and O–H groups in total. The normalized spacial score (nSPS) is 11.6. The van der Waals surface area contributed by atoms with Crippen molar-refractivity contribution in [1.29, 1.82) is 0 Å². The second kappa shape index (κ2) is 5.65. The molecule has 0 heterocycles. The van der Waals surface area contributed by atoms with Crippen molar-refractivity contribution >= 4 is 7.41 Å². The maximum absolute atomic E-state index is 2.51. The SMILES string of the molecule is C[CH]CBN(C(C)C)C(C)C. The molecule has 2 heteroatoms. The van der Waals surface area contributed by atoms with Crippen LogP contribution in [-0.4, -0.2) is 24.3 Å². The predicted octanol–water partition coefficient (Wildman–Crippen LogP) is 2.10. The van der Waals surface area contributed by atoms with Gasteiger partial charge in [-0.2, -0.15) is 0 Å². The Balaban J connectivity index is 3.70. The highest BCUT2D eigenvalue weighted by Gasteiger charge is 2.12. The van der Waals surface area contributed by atoms with Gasteiger partial charge in [0.15, 0.2) is 0 Å². The smallest absolute Gasteiger partial charge is 0.205 e. The Hall–Kier alpha value is 0.0249. The van der Waals surface area contributed by atoms with Crippen molar-refractivity contribution in [2.24, 2.45) is 0 Å². The van der Waals surface area contributed by atoms with Crippen LogP contribution >= 0.6 is 0 Å². The summed E-state index contributed by atoms with van der Waals surface area (Å²) in [6, 6.07) is 1.35. The molecule has 0 aromatic carbocycles. The van der Waals surface area contributed by atoms with Gasteiger partial charge in [-0.15, -0.1) is 0 Å². The van der Waals surface area contributed by atoms with E-state index in [0.29, 0.717) is 12.1 Å². The molecule has 0 amide bonds. The van der Waals surface area contributed by atoms with Gasteiger partial charge < -0.3 is 4.81 Å². The molecule has 11 heavy (non-hydrogen) atoms. The zero-order valence-electron chi connectivity index (χ0n) is 8.59. The van der Waals surface area contributed by atoms with E-state index in [0.717, 1.165) is 0 Å². The lowest BCUT2D eigenvalue weighted by molar-refractivity contribution is 0.312. The monoisotopic (exact) mass is 154 g/mol. The summed E-state index contributed by atoms with van der Waals surface area (Å²) in [7, 11) is 1.20. The quantitative estimate of drug-likeness (QED) is 0.548. The number of nitrogens with zero attached hydrogens (tertiary/aromatic N) is 1. The molecule has 0 spiro atoms. The summed E-state index contributed by atoms with van der Waals surface area (Å²) < 4.78 is 0. The topological polar surface area (TPSA) is 3.24 Å². The highest BCUT2D eigenvalue weighted by atomic mass is 15.1. The van der Waals surface area contributed by atoms with Gasteiger partial charge in [-0.25, -0.2) is 0 Å². The van der Waals surface area contributed by atoms with E-state index >= 15 is 0 Å². The molecule has 1 radical (unpaired) electrons. The average molecular weight is 154 g/mol. The molecule has 1 nitrogen and oxygen atoms in total. The van der Waals surface area contributed by atoms with Crippen molar-refractivity contribution in [2.45, 2.75) is 53.0 Å². The maximum Gasteiger partial charge on any atom is 0.205 e. The Labute approximate surface area is 72.4 Å². The molecule has 0 aromatic heterocycles. The van der Waals surface area contributed by atoms with Crippen molar-refractivity contribution < 1.29 is 0 Å². The predicted molar refractivity (Wildman–Crippen MR) is 54.0 cm³/mol. The Morgan fingerprint density at radius 2 is 1.64 bits per heavy atom. The molecule has 0 unspecified atom stereocenters. The first kappa shape index (κ1) is 11.0. The Kier molecular flexibility index (Phi) is 5.66. The van der Waals surface area contributed by atoms with Crippen LogP contribution in [-0.2, 0) is 0 Å². The molecule has 0 rings (SSSR count). The van der Waals surface area contributed by atoms with E-state index < -0.39 is 0 Å². The molecule has 0 saturated heterocycles. The zero-order chi connectivity index (χ0) is 8.85. The Morgan fingerprint density at radius 3 is 1.91 bits per heavy atom. The summed E-state index contributed by atoms with van der Waals surface area (Å²) >= 11 is 0. The number of hydrogen-bond donors (Lipinski definition) is 0. The molecule has 0 bridgehead atoms. The lowest BCUT2D eigenvalue weighted by Crippen LogP contribution is -2.39. The minimum absolute atomic E-state index is 0.676. The molecule has 65 valence electrons. The third-order valence-electron chi connectivity index (χ3n) is 2.00. The first-order chi connectivity index (χ1) is 5.09. The van der Waals surface area contributed by atoms with Crippen LogP contribution in [0.1, 0.15) is 34.6 Å². The molecule has 0 aliphatic carbocycles. The lowest BCUT2D eigenvalue weighted by atomic mass is 9.82. The van der Waals surface area contributed by atoms with E-state index in [9.17, 15) is 0 Å². The molecular formula is C9H21BN. The molecule has 0 fully saturated rings. The van der Waals surface area contributed by atoms with Crippen molar-refractivity contribution in [3.63, 3.8) is 0 Å². The maximum atomic E-state index is 2.51. The summed E-state index contributed by atoms with van der Waals surface area (Å²) in [6.07, 6.45) is 3.44. The lowest BCUT2D eigenvalue weighted by Gasteiger charge is -2.29. The number of hydrogen-bond acceptors (Lipinski definition) is 1. The largest absolute Gasteiger partial charge is 0.341 e. The molecular weight excluding hydrogens is 133 g/mol. The molecule has 0 aliphatic rings. The second-order valence-electron chi connectivity index (χ2n) is 3.62. The van der Waals surface area contributed by atoms with Crippen LogP contribution in [0.5, 0.6) is 0 Å². The summed E-state index contributed by atoms with van der Waals surface area (Å²) in [5, 5.41) is 0. The van der Waals surface area contributed by atoms with Crippen molar-refractivity contribution in [3.05, 3.63) is 6.42 Å². The molecule has 0 aromatic rings. The Morgan fingerprint density at radius 1 is 1.18 bits per heavy atom. The van der Waals surface area contributed by atoms with Gasteiger partial charge in [0.1, 0.15) is 0 Å². The van der Waals surface area contributed by atoms with E-state index in [4.69, 9.17) is 0 Å². The Bertz CT molecular complexity index is 83.6. The average Bonchev–Trinajstić information content (AvgIpc) is 1.87. The molecule has 0 saturated carbocycles. The van der Waals surface area contributed by atoms with E-state index in [1.807, 2.05) is 0 Å². The van der Waals surface area contributed by atoms with Crippen LogP contribution in [0.25, 0.3) is 0 Å². The van der Waals surface area contributed by atoms with Crippen LogP contribution in [0.2, 0.25) is 6.32 Å². The first-order valence-corrected chi connectivity index (χ1v) is 4.63. The van der Waals surface area contributed by atoms with E-state index in [2.05, 4.69) is 45.9 Å². The van der Waals surface area contributed by atoms with Gasteiger partial charge in [-0.3, -0.25) is 0 Å². The summed E-state index contributed by atoms with van der Waals surface area (Å²) in [6.45, 7) is 11.2. The van der Waals surface area contributed by atoms with Crippen molar-refractivity contribution in [1.82, 2.24) is 4.81 Å². The van der Waals surface area contributed by atoms with Gasteiger partial charge in [0.25, 0.3) is 0 Å². The van der Waals surface area contributed by atoms with E-state index in [1.54, 1.807) is 0 Å². The third-order valence-corrected chi connectivity index (χ3v) is 2.00. The van der Waals surface area contributed by atoms with Crippen LogP contribution in [0, 0.1) is 6.42 Å². The highest BCUT2D eigenvalue weighted by Crippen LogP contribution is 2.04. The standard InChI is InChI=1S/C9H21BN/c1-6-7-10-11(8(2)3)9(4)5/h6,8-10H,7H2,1-5H3. The van der Waals surface area contributed by atoms with Crippen molar-refractivity contribution in [2.75, 3.05) is 0 Å². The molecule has 0 atom stereocenters. The van der Waals surface area contributed by atoms with Gasteiger partial charge in [-0.05, 0) is 18.5 Å². The minimum atomic E-state index is 0.676. The van der Waals surface area contributed by atoms with Crippen LogP contribution < -0.4 is 0 Å². The van der Waals surface area contributed by atoms with E-state index in [-0.39, 0.29) is 0 Å². The van der Waals surface area contributed by atoms with Gasteiger partial charge in [0, 0.05) is 0 Å². The molecule has 0 aliphatic heterocycles. The van der Waals surface area contributed by atoms with Crippen molar-refractivity contribution in [3.8, 4) is 0 Å². The van der Waals surface area contributed by atoms with Gasteiger partial charge in [0.2, 0.25) is 7.41 Å². The van der Waals surface area contributed by atoms with Crippen LogP contribution in [0.4, 0.5) is 0 Å². The highest BCUT2D eigenvalue weighted by molar-refractivity contribution is 6.32. The summed E-state index contributed by atoms with van der Waals surface area (Å²) in [4.78, 5) is 2.51. The zero-order valence-corrected chi connectivity index (χ0v) is 8.59. The van der Waals surface area contributed by atoms with Gasteiger partial charge >= 0.3 is 0 Å². The van der Waals surface area contributed by atoms with Gasteiger partial charge in [-0.1, -0.05) is 40.9 Å². The fourth-order valence-electron chi connectivity index (χ4n) is 1.39. The van der Waals surface area contributed by atoms with Crippen LogP contribution in [0.3, 0.4) is 0 Å². The number of rotatable bonds is 5. The fourth-order valence-corrected chi connectivity index (χ4v) is 1.39. The van der Waals surface area contributed by atoms with Gasteiger partial charge in [0.05, 0.1) is 0 Å². The van der Waals surface area contributed by atoms with Crippen LogP contribution in [0.15, 0.2) is 0 Å². The fraction of sp³-hybridized carbons (Fsp3) is 0.889. The first-order valence-electron chi connectivity index (χ1n) is 4.63. The van der Waals surface area contributed by atoms with E-state index in [1.165, 1.54) is 13.7 Å². The summed E-state index contributed by atoms with van der Waals surface area (Å²) in [5.74, 6) is 0. The second-order valence-corrected chi connectivity index (χ2v) is 3.62. The third kappa shape index (κ3) is 4.46. The summed E-state index contributed by atoms with van der Waals surface area (Å²) in [5.41, 5.74) is 0.